The number of nitrogens with zero attached hydrogens (tertiary/aromatic N) is 3. The van der Waals surface area contributed by atoms with E-state index in [1.807, 2.05) is 50.2 Å². The molecule has 0 radical (unpaired) electrons. The highest BCUT2D eigenvalue weighted by atomic mass is 16.5. The minimum Gasteiger partial charge on any atom is -0.493 e. The monoisotopic (exact) mass is 488 g/mol. The normalized spacial score (nSPS) is 13.7. The lowest BCUT2D eigenvalue weighted by molar-refractivity contribution is 0.250. The first-order valence-electron chi connectivity index (χ1n) is 12.4. The predicted molar refractivity (Wildman–Crippen MR) is 140 cm³/mol. The van der Waals surface area contributed by atoms with Crippen LogP contribution in [0.2, 0.25) is 0 Å². The van der Waals surface area contributed by atoms with Crippen LogP contribution in [-0.2, 0) is 6.42 Å². The van der Waals surface area contributed by atoms with Crippen molar-refractivity contribution in [3.63, 3.8) is 0 Å². The summed E-state index contributed by atoms with van der Waals surface area (Å²) >= 11 is 0. The van der Waals surface area contributed by atoms with Gasteiger partial charge in [-0.05, 0) is 57.4 Å². The van der Waals surface area contributed by atoms with Crippen LogP contribution >= 0.6 is 0 Å². The Kier molecular flexibility index (Phi) is 6.54. The van der Waals surface area contributed by atoms with Gasteiger partial charge in [0.1, 0.15) is 5.75 Å². The summed E-state index contributed by atoms with van der Waals surface area (Å²) in [6.45, 7) is 6.08. The van der Waals surface area contributed by atoms with E-state index in [1.165, 1.54) is 6.42 Å². The van der Waals surface area contributed by atoms with Gasteiger partial charge in [-0.2, -0.15) is 4.98 Å². The molecule has 0 saturated heterocycles. The number of anilines is 2. The first-order chi connectivity index (χ1) is 17.4. The van der Waals surface area contributed by atoms with Crippen LogP contribution in [0.25, 0.3) is 22.2 Å². The Hall–Kier alpha value is -4.01. The molecule has 0 atom stereocenters. The van der Waals surface area contributed by atoms with E-state index in [2.05, 4.69) is 31.4 Å². The summed E-state index contributed by atoms with van der Waals surface area (Å²) in [4.78, 5) is 16.3. The summed E-state index contributed by atoms with van der Waals surface area (Å²) in [5, 5.41) is 10.6. The fraction of sp³-hybridized carbons (Fsp3) is 0.370. The molecule has 9 nitrogen and oxygen atoms in total. The third kappa shape index (κ3) is 4.86. The van der Waals surface area contributed by atoms with Crippen molar-refractivity contribution in [3.05, 3.63) is 54.2 Å². The molecule has 9 heteroatoms. The number of aryl methyl sites for hydroxylation is 1. The van der Waals surface area contributed by atoms with Crippen molar-refractivity contribution < 1.29 is 14.1 Å². The fourth-order valence-electron chi connectivity index (χ4n) is 4.57. The molecule has 0 aliphatic heterocycles. The summed E-state index contributed by atoms with van der Waals surface area (Å²) in [6, 6.07) is 14.1. The molecular formula is C27H32N6O3. The maximum absolute atomic E-state index is 12.1. The molecule has 4 aromatic rings. The standard InChI is InChI=1S/C27H32N6O3/c1-16(2)29-27(34)31-19-9-7-18(8-10-19)26-25(28)22-12-11-21(15-23(22)33(26)20-5-4-6-20)35-14-13-24-30-17(3)36-32-24/h7-12,15-16,20H,4-6,13-14,28H2,1-3H3,(H2,29,31,34). The van der Waals surface area contributed by atoms with Gasteiger partial charge < -0.3 is 30.2 Å². The number of carbonyl (C=O) groups is 1. The van der Waals surface area contributed by atoms with Gasteiger partial charge in [-0.25, -0.2) is 4.79 Å². The van der Waals surface area contributed by atoms with Crippen molar-refractivity contribution in [2.45, 2.75) is 58.5 Å². The van der Waals surface area contributed by atoms with Gasteiger partial charge in [0.2, 0.25) is 5.89 Å². The van der Waals surface area contributed by atoms with Gasteiger partial charge in [0.25, 0.3) is 0 Å². The number of rotatable bonds is 8. The van der Waals surface area contributed by atoms with E-state index in [4.69, 9.17) is 15.0 Å². The molecule has 0 bridgehead atoms. The number of nitrogen functional groups attached to an aromatic ring is 1. The number of ether oxygens (including phenoxy) is 1. The van der Waals surface area contributed by atoms with Crippen LogP contribution in [0, 0.1) is 6.92 Å². The van der Waals surface area contributed by atoms with E-state index in [9.17, 15) is 4.79 Å². The average molecular weight is 489 g/mol. The van der Waals surface area contributed by atoms with E-state index in [-0.39, 0.29) is 12.1 Å². The van der Waals surface area contributed by atoms with Crippen molar-refractivity contribution >= 4 is 28.3 Å². The SMILES string of the molecule is Cc1nc(CCOc2ccc3c(N)c(-c4ccc(NC(=O)NC(C)C)cc4)n(C4CCC4)c3c2)no1. The van der Waals surface area contributed by atoms with Crippen LogP contribution in [0.3, 0.4) is 0 Å². The van der Waals surface area contributed by atoms with Gasteiger partial charge in [-0.15, -0.1) is 0 Å². The molecule has 2 aromatic heterocycles. The number of amides is 2. The van der Waals surface area contributed by atoms with Crippen LogP contribution in [0.1, 0.15) is 50.9 Å². The third-order valence-corrected chi connectivity index (χ3v) is 6.45. The molecule has 4 N–H and O–H groups in total. The Bertz CT molecular complexity index is 1370. The van der Waals surface area contributed by atoms with E-state index in [0.717, 1.165) is 52.1 Å². The van der Waals surface area contributed by atoms with E-state index in [0.29, 0.717) is 30.8 Å². The molecule has 2 aromatic carbocycles. The fourth-order valence-corrected chi connectivity index (χ4v) is 4.57. The first-order valence-corrected chi connectivity index (χ1v) is 12.4. The van der Waals surface area contributed by atoms with E-state index in [1.54, 1.807) is 6.92 Å². The maximum Gasteiger partial charge on any atom is 0.319 e. The predicted octanol–water partition coefficient (Wildman–Crippen LogP) is 5.46. The zero-order valence-corrected chi connectivity index (χ0v) is 20.9. The maximum atomic E-state index is 12.1. The molecule has 1 saturated carbocycles. The van der Waals surface area contributed by atoms with Gasteiger partial charge in [0.15, 0.2) is 5.82 Å². The summed E-state index contributed by atoms with van der Waals surface area (Å²) in [6.07, 6.45) is 4.01. The van der Waals surface area contributed by atoms with Crippen molar-refractivity contribution in [2.75, 3.05) is 17.7 Å². The summed E-state index contributed by atoms with van der Waals surface area (Å²) in [5.74, 6) is 1.97. The molecule has 1 aliphatic carbocycles. The van der Waals surface area contributed by atoms with Crippen molar-refractivity contribution in [2.24, 2.45) is 0 Å². The third-order valence-electron chi connectivity index (χ3n) is 6.45. The minimum absolute atomic E-state index is 0.0688. The second-order valence-electron chi connectivity index (χ2n) is 9.55. The molecular weight excluding hydrogens is 456 g/mol. The lowest BCUT2D eigenvalue weighted by atomic mass is 9.92. The molecule has 5 rings (SSSR count). The van der Waals surface area contributed by atoms with Gasteiger partial charge in [0, 0.05) is 48.1 Å². The number of fused-ring (bicyclic) bond motifs is 1. The first kappa shape index (κ1) is 23.7. The highest BCUT2D eigenvalue weighted by molar-refractivity contribution is 6.02. The van der Waals surface area contributed by atoms with Crippen LogP contribution in [-0.4, -0.2) is 33.4 Å². The number of aromatic nitrogens is 3. The van der Waals surface area contributed by atoms with Crippen molar-refractivity contribution in [3.8, 4) is 17.0 Å². The second kappa shape index (κ2) is 9.93. The van der Waals surface area contributed by atoms with Gasteiger partial charge in [0.05, 0.1) is 23.5 Å². The number of urea groups is 1. The smallest absolute Gasteiger partial charge is 0.319 e. The molecule has 2 heterocycles. The lowest BCUT2D eigenvalue weighted by Gasteiger charge is -2.30. The van der Waals surface area contributed by atoms with Crippen LogP contribution < -0.4 is 21.1 Å². The van der Waals surface area contributed by atoms with Gasteiger partial charge in [-0.1, -0.05) is 17.3 Å². The van der Waals surface area contributed by atoms with E-state index < -0.39 is 0 Å². The van der Waals surface area contributed by atoms with Gasteiger partial charge in [-0.3, -0.25) is 0 Å². The Morgan fingerprint density at radius 2 is 2.00 bits per heavy atom. The highest BCUT2D eigenvalue weighted by Gasteiger charge is 2.27. The molecule has 0 spiro atoms. The summed E-state index contributed by atoms with van der Waals surface area (Å²) in [5.41, 5.74) is 11.3. The summed E-state index contributed by atoms with van der Waals surface area (Å²) in [7, 11) is 0. The molecule has 1 fully saturated rings. The van der Waals surface area contributed by atoms with Crippen molar-refractivity contribution in [1.82, 2.24) is 20.0 Å². The zero-order chi connectivity index (χ0) is 25.2. The Labute approximate surface area is 210 Å². The Morgan fingerprint density at radius 1 is 1.22 bits per heavy atom. The molecule has 1 aliphatic rings. The molecule has 188 valence electrons. The number of hydrogen-bond acceptors (Lipinski definition) is 6. The molecule has 0 unspecified atom stereocenters. The lowest BCUT2D eigenvalue weighted by Crippen LogP contribution is -2.34. The van der Waals surface area contributed by atoms with E-state index >= 15 is 0 Å². The average Bonchev–Trinajstić information content (AvgIpc) is 3.33. The van der Waals surface area contributed by atoms with Crippen molar-refractivity contribution in [1.29, 1.82) is 0 Å². The Morgan fingerprint density at radius 3 is 2.64 bits per heavy atom. The quantitative estimate of drug-likeness (QED) is 0.303. The second-order valence-corrected chi connectivity index (χ2v) is 9.55. The van der Waals surface area contributed by atoms with Crippen LogP contribution in [0.4, 0.5) is 16.2 Å². The number of nitrogens with one attached hydrogen (secondary N) is 2. The molecule has 2 amide bonds. The Balaban J connectivity index is 1.42. The zero-order valence-electron chi connectivity index (χ0n) is 20.9. The topological polar surface area (TPSA) is 120 Å². The van der Waals surface area contributed by atoms with Crippen LogP contribution in [0.15, 0.2) is 47.0 Å². The largest absolute Gasteiger partial charge is 0.493 e. The molecule has 36 heavy (non-hydrogen) atoms. The van der Waals surface area contributed by atoms with Gasteiger partial charge >= 0.3 is 6.03 Å². The number of carbonyl (C=O) groups excluding carboxylic acids is 1. The summed E-state index contributed by atoms with van der Waals surface area (Å²) < 4.78 is 13.4. The number of benzene rings is 2. The number of nitrogens with two attached hydrogens (primary N) is 1. The highest BCUT2D eigenvalue weighted by Crippen LogP contribution is 2.44. The minimum atomic E-state index is -0.220. The number of hydrogen-bond donors (Lipinski definition) is 3. The van der Waals surface area contributed by atoms with Crippen LogP contribution in [0.5, 0.6) is 5.75 Å².